The third-order valence-corrected chi connectivity index (χ3v) is 3.73. The van der Waals surface area contributed by atoms with Crippen molar-refractivity contribution in [2.75, 3.05) is 13.1 Å². The minimum Gasteiger partial charge on any atom is -0.444 e. The van der Waals surface area contributed by atoms with E-state index in [2.05, 4.69) is 34.5 Å². The van der Waals surface area contributed by atoms with E-state index in [1.54, 1.807) is 0 Å². The van der Waals surface area contributed by atoms with E-state index in [-0.39, 0.29) is 12.1 Å². The first-order valence-corrected chi connectivity index (χ1v) is 8.12. The monoisotopic (exact) mass is 304 g/mol. The van der Waals surface area contributed by atoms with Gasteiger partial charge in [0, 0.05) is 19.1 Å². The van der Waals surface area contributed by atoms with Crippen LogP contribution in [0.3, 0.4) is 0 Å². The highest BCUT2D eigenvalue weighted by Crippen LogP contribution is 2.18. The van der Waals surface area contributed by atoms with Gasteiger partial charge in [0.15, 0.2) is 0 Å². The molecule has 0 radical (unpaired) electrons. The fourth-order valence-corrected chi connectivity index (χ4v) is 2.87. The molecular formula is C18H28N2O2. The van der Waals surface area contributed by atoms with Crippen molar-refractivity contribution in [2.24, 2.45) is 0 Å². The second-order valence-electron chi connectivity index (χ2n) is 7.15. The Bertz CT molecular complexity index is 508. The molecule has 1 aliphatic rings. The molecule has 1 aromatic carbocycles. The van der Waals surface area contributed by atoms with Crippen LogP contribution in [-0.2, 0) is 17.7 Å². The minimum atomic E-state index is -0.453. The molecule has 0 saturated heterocycles. The van der Waals surface area contributed by atoms with Crippen molar-refractivity contribution in [1.82, 2.24) is 10.2 Å². The lowest BCUT2D eigenvalue weighted by Gasteiger charge is -2.26. The smallest absolute Gasteiger partial charge is 0.407 e. The molecule has 4 nitrogen and oxygen atoms in total. The fourth-order valence-electron chi connectivity index (χ4n) is 2.87. The van der Waals surface area contributed by atoms with Crippen molar-refractivity contribution in [2.45, 2.75) is 58.7 Å². The Labute approximate surface area is 133 Å². The molecule has 1 N–H and O–H groups in total. The molecule has 0 aromatic heterocycles. The highest BCUT2D eigenvalue weighted by Gasteiger charge is 2.20. The predicted octanol–water partition coefficient (Wildman–Crippen LogP) is 3.35. The van der Waals surface area contributed by atoms with Crippen molar-refractivity contribution in [3.05, 3.63) is 35.4 Å². The summed E-state index contributed by atoms with van der Waals surface area (Å²) >= 11 is 0. The number of carbonyl (C=O) groups is 1. The van der Waals surface area contributed by atoms with Gasteiger partial charge in [0.2, 0.25) is 0 Å². The van der Waals surface area contributed by atoms with E-state index in [0.29, 0.717) is 0 Å². The zero-order valence-electron chi connectivity index (χ0n) is 14.2. The Morgan fingerprint density at radius 1 is 1.32 bits per heavy atom. The Morgan fingerprint density at radius 3 is 2.68 bits per heavy atom. The Kier molecular flexibility index (Phi) is 5.46. The van der Waals surface area contributed by atoms with Crippen LogP contribution in [0.15, 0.2) is 24.3 Å². The standard InChI is InChI=1S/C18H28N2O2/c1-14(19-17(21)22-18(2,3)4)12-20-11-7-10-15-8-5-6-9-16(15)13-20/h5-6,8-9,14H,7,10-13H2,1-4H3,(H,19,21)/t14-/m0/s1. The lowest BCUT2D eigenvalue weighted by Crippen LogP contribution is -2.43. The number of ether oxygens (including phenoxy) is 1. The number of nitrogens with one attached hydrogen (secondary N) is 1. The molecular weight excluding hydrogens is 276 g/mol. The van der Waals surface area contributed by atoms with Crippen molar-refractivity contribution in [3.63, 3.8) is 0 Å². The maximum absolute atomic E-state index is 11.8. The van der Waals surface area contributed by atoms with Gasteiger partial charge in [0.05, 0.1) is 0 Å². The van der Waals surface area contributed by atoms with Gasteiger partial charge < -0.3 is 10.1 Å². The van der Waals surface area contributed by atoms with Gasteiger partial charge in [-0.3, -0.25) is 4.90 Å². The summed E-state index contributed by atoms with van der Waals surface area (Å²) in [6.07, 6.45) is 1.96. The van der Waals surface area contributed by atoms with Crippen LogP contribution in [0.5, 0.6) is 0 Å². The summed E-state index contributed by atoms with van der Waals surface area (Å²) < 4.78 is 5.31. The fraction of sp³-hybridized carbons (Fsp3) is 0.611. The van der Waals surface area contributed by atoms with Crippen LogP contribution >= 0.6 is 0 Å². The van der Waals surface area contributed by atoms with Gasteiger partial charge >= 0.3 is 6.09 Å². The van der Waals surface area contributed by atoms with Crippen molar-refractivity contribution in [1.29, 1.82) is 0 Å². The summed E-state index contributed by atoms with van der Waals surface area (Å²) in [5.74, 6) is 0. The number of hydrogen-bond acceptors (Lipinski definition) is 3. The van der Waals surface area contributed by atoms with Crippen LogP contribution < -0.4 is 5.32 Å². The second kappa shape index (κ2) is 7.14. The van der Waals surface area contributed by atoms with Crippen LogP contribution in [0.2, 0.25) is 0 Å². The largest absolute Gasteiger partial charge is 0.444 e. The summed E-state index contributed by atoms with van der Waals surface area (Å²) in [5, 5.41) is 2.93. The number of nitrogens with zero attached hydrogens (tertiary/aromatic N) is 1. The molecule has 4 heteroatoms. The first-order chi connectivity index (χ1) is 10.3. The van der Waals surface area contributed by atoms with E-state index in [4.69, 9.17) is 4.74 Å². The molecule has 22 heavy (non-hydrogen) atoms. The molecule has 0 bridgehead atoms. The summed E-state index contributed by atoms with van der Waals surface area (Å²) in [5.41, 5.74) is 2.41. The Hall–Kier alpha value is -1.55. The number of rotatable bonds is 3. The van der Waals surface area contributed by atoms with E-state index < -0.39 is 5.60 Å². The minimum absolute atomic E-state index is 0.0695. The van der Waals surface area contributed by atoms with Gasteiger partial charge in [0.25, 0.3) is 0 Å². The van der Waals surface area contributed by atoms with Gasteiger partial charge in [-0.05, 0) is 58.2 Å². The Balaban J connectivity index is 1.87. The first-order valence-electron chi connectivity index (χ1n) is 8.12. The number of carbonyl (C=O) groups excluding carboxylic acids is 1. The third-order valence-electron chi connectivity index (χ3n) is 3.73. The molecule has 0 spiro atoms. The summed E-state index contributed by atoms with van der Waals surface area (Å²) in [6.45, 7) is 10.5. The summed E-state index contributed by atoms with van der Waals surface area (Å²) in [7, 11) is 0. The summed E-state index contributed by atoms with van der Waals surface area (Å²) in [6, 6.07) is 8.72. The quantitative estimate of drug-likeness (QED) is 0.931. The van der Waals surface area contributed by atoms with E-state index >= 15 is 0 Å². The van der Waals surface area contributed by atoms with Gasteiger partial charge in [0.1, 0.15) is 5.60 Å². The van der Waals surface area contributed by atoms with Crippen LogP contribution in [-0.4, -0.2) is 35.7 Å². The van der Waals surface area contributed by atoms with Crippen LogP contribution in [0.4, 0.5) is 4.79 Å². The SMILES string of the molecule is C[C@@H](CN1CCCc2ccccc2C1)NC(=O)OC(C)(C)C. The predicted molar refractivity (Wildman–Crippen MR) is 88.9 cm³/mol. The number of benzene rings is 1. The third kappa shape index (κ3) is 5.34. The normalized spacial score (nSPS) is 17.3. The van der Waals surface area contributed by atoms with Crippen LogP contribution in [0.25, 0.3) is 0 Å². The number of alkyl carbamates (subject to hydrolysis) is 1. The first kappa shape index (κ1) is 16.8. The lowest BCUT2D eigenvalue weighted by atomic mass is 10.0. The molecule has 0 fully saturated rings. The maximum atomic E-state index is 11.8. The number of aryl methyl sites for hydroxylation is 1. The zero-order chi connectivity index (χ0) is 16.2. The average molecular weight is 304 g/mol. The number of fused-ring (bicyclic) bond motifs is 1. The van der Waals surface area contributed by atoms with Crippen LogP contribution in [0, 0.1) is 0 Å². The molecule has 2 rings (SSSR count). The molecule has 1 atom stereocenters. The van der Waals surface area contributed by atoms with Crippen molar-refractivity contribution < 1.29 is 9.53 Å². The molecule has 1 amide bonds. The number of amides is 1. The molecule has 0 unspecified atom stereocenters. The van der Waals surface area contributed by atoms with Gasteiger partial charge in [-0.15, -0.1) is 0 Å². The topological polar surface area (TPSA) is 41.6 Å². The van der Waals surface area contributed by atoms with Crippen molar-refractivity contribution >= 4 is 6.09 Å². The van der Waals surface area contributed by atoms with Gasteiger partial charge in [-0.2, -0.15) is 0 Å². The molecule has 1 aromatic rings. The Morgan fingerprint density at radius 2 is 2.00 bits per heavy atom. The second-order valence-corrected chi connectivity index (χ2v) is 7.15. The maximum Gasteiger partial charge on any atom is 0.407 e. The van der Waals surface area contributed by atoms with E-state index in [9.17, 15) is 4.79 Å². The molecule has 122 valence electrons. The summed E-state index contributed by atoms with van der Waals surface area (Å²) in [4.78, 5) is 14.2. The highest BCUT2D eigenvalue weighted by molar-refractivity contribution is 5.68. The van der Waals surface area contributed by atoms with Crippen LogP contribution in [0.1, 0.15) is 45.2 Å². The van der Waals surface area contributed by atoms with E-state index in [1.807, 2.05) is 27.7 Å². The van der Waals surface area contributed by atoms with Gasteiger partial charge in [-0.1, -0.05) is 24.3 Å². The van der Waals surface area contributed by atoms with E-state index in [1.165, 1.54) is 11.1 Å². The molecule has 0 saturated carbocycles. The molecule has 0 aliphatic carbocycles. The molecule has 1 aliphatic heterocycles. The van der Waals surface area contributed by atoms with Gasteiger partial charge in [-0.25, -0.2) is 4.79 Å². The van der Waals surface area contributed by atoms with E-state index in [0.717, 1.165) is 32.5 Å². The number of hydrogen-bond donors (Lipinski definition) is 1. The highest BCUT2D eigenvalue weighted by atomic mass is 16.6. The average Bonchev–Trinajstić information content (AvgIpc) is 2.57. The zero-order valence-corrected chi connectivity index (χ0v) is 14.2. The molecule has 1 heterocycles. The lowest BCUT2D eigenvalue weighted by molar-refractivity contribution is 0.0496. The van der Waals surface area contributed by atoms with Crippen molar-refractivity contribution in [3.8, 4) is 0 Å².